The Morgan fingerprint density at radius 2 is 1.93 bits per heavy atom. The maximum Gasteiger partial charge on any atom is 0.264 e. The van der Waals surface area contributed by atoms with E-state index in [9.17, 15) is 14.9 Å². The number of carbonyl (C=O) groups is 2. The molecule has 2 amide bonds. The summed E-state index contributed by atoms with van der Waals surface area (Å²) in [5, 5.41) is 12.6. The normalized spacial score (nSPS) is 17.8. The Kier molecular flexibility index (Phi) is 6.31. The number of amides is 2. The highest BCUT2D eigenvalue weighted by molar-refractivity contribution is 8.05. The first-order valence-corrected chi connectivity index (χ1v) is 10.3. The molecule has 29 heavy (non-hydrogen) atoms. The van der Waals surface area contributed by atoms with Crippen molar-refractivity contribution in [2.45, 2.75) is 25.5 Å². The highest BCUT2D eigenvalue weighted by Crippen LogP contribution is 2.42. The van der Waals surface area contributed by atoms with Crippen LogP contribution >= 0.6 is 23.4 Å². The minimum atomic E-state index is -0.515. The zero-order valence-electron chi connectivity index (χ0n) is 16.3. The first-order valence-electron chi connectivity index (χ1n) is 9.04. The van der Waals surface area contributed by atoms with Crippen molar-refractivity contribution in [3.63, 3.8) is 0 Å². The van der Waals surface area contributed by atoms with Crippen LogP contribution in [0, 0.1) is 25.2 Å². The summed E-state index contributed by atoms with van der Waals surface area (Å²) in [6, 6.07) is 15.1. The van der Waals surface area contributed by atoms with Gasteiger partial charge in [0.2, 0.25) is 5.91 Å². The van der Waals surface area contributed by atoms with Crippen LogP contribution in [0.2, 0.25) is 5.02 Å². The standard InChI is InChI=1S/C22H20ClN3O2S/c1-13-4-8-16(9-5-13)26-21(28)19(11-15-7-6-14(2)18(23)10-15)29-22(26)17(12-24)20(27)25-3/h4-10,19H,11H2,1-3H3,(H,25,27)/b22-17-/t19-/m1/s1. The van der Waals surface area contributed by atoms with E-state index in [0.29, 0.717) is 22.2 Å². The van der Waals surface area contributed by atoms with E-state index < -0.39 is 11.2 Å². The molecule has 1 N–H and O–H groups in total. The minimum Gasteiger partial charge on any atom is -0.354 e. The zero-order chi connectivity index (χ0) is 21.1. The fourth-order valence-corrected chi connectivity index (χ4v) is 4.53. The second-order valence-corrected chi connectivity index (χ2v) is 8.37. The van der Waals surface area contributed by atoms with Gasteiger partial charge in [0.25, 0.3) is 5.91 Å². The second-order valence-electron chi connectivity index (χ2n) is 6.77. The third-order valence-electron chi connectivity index (χ3n) is 4.68. The van der Waals surface area contributed by atoms with E-state index in [1.807, 2.05) is 62.4 Å². The quantitative estimate of drug-likeness (QED) is 0.590. The predicted molar refractivity (Wildman–Crippen MR) is 117 cm³/mol. The number of hydrogen-bond donors (Lipinski definition) is 1. The van der Waals surface area contributed by atoms with Crippen LogP contribution in [-0.4, -0.2) is 24.1 Å². The predicted octanol–water partition coefficient (Wildman–Crippen LogP) is 4.13. The first-order chi connectivity index (χ1) is 13.8. The van der Waals surface area contributed by atoms with Crippen LogP contribution in [0.15, 0.2) is 53.1 Å². The number of hydrogen-bond acceptors (Lipinski definition) is 4. The smallest absolute Gasteiger partial charge is 0.264 e. The van der Waals surface area contributed by atoms with Crippen LogP contribution < -0.4 is 10.2 Å². The van der Waals surface area contributed by atoms with Gasteiger partial charge in [-0.3, -0.25) is 14.5 Å². The van der Waals surface area contributed by atoms with Gasteiger partial charge in [0.05, 0.1) is 5.25 Å². The Balaban J connectivity index is 2.03. The molecule has 2 aromatic carbocycles. The molecule has 2 aromatic rings. The highest BCUT2D eigenvalue weighted by Gasteiger charge is 2.40. The molecule has 7 heteroatoms. The summed E-state index contributed by atoms with van der Waals surface area (Å²) in [7, 11) is 1.46. The minimum absolute atomic E-state index is 0.0733. The molecule has 1 aliphatic rings. The van der Waals surface area contributed by atoms with Crippen LogP contribution in [0.1, 0.15) is 16.7 Å². The molecule has 1 saturated heterocycles. The molecule has 0 bridgehead atoms. The SMILES string of the molecule is CNC(=O)/C(C#N)=C1\S[C@H](Cc2ccc(C)c(Cl)c2)C(=O)N1c1ccc(C)cc1. The Morgan fingerprint density at radius 3 is 2.52 bits per heavy atom. The van der Waals surface area contributed by atoms with E-state index in [1.54, 1.807) is 0 Å². The lowest BCUT2D eigenvalue weighted by Crippen LogP contribution is -2.31. The number of nitriles is 1. The van der Waals surface area contributed by atoms with E-state index in [4.69, 9.17) is 11.6 Å². The average Bonchev–Trinajstić information content (AvgIpc) is 3.01. The number of anilines is 1. The number of thioether (sulfide) groups is 1. The number of aryl methyl sites for hydroxylation is 2. The van der Waals surface area contributed by atoms with Crippen LogP contribution in [0.4, 0.5) is 5.69 Å². The van der Waals surface area contributed by atoms with Crippen molar-refractivity contribution < 1.29 is 9.59 Å². The number of likely N-dealkylation sites (N-methyl/N-ethyl adjacent to an activating group) is 1. The Morgan fingerprint density at radius 1 is 1.24 bits per heavy atom. The summed E-state index contributed by atoms with van der Waals surface area (Å²) < 4.78 is 0. The molecular formula is C22H20ClN3O2S. The summed E-state index contributed by atoms with van der Waals surface area (Å²) in [5.41, 5.74) is 3.50. The molecule has 0 spiro atoms. The molecule has 1 heterocycles. The molecule has 0 unspecified atom stereocenters. The van der Waals surface area contributed by atoms with Gasteiger partial charge < -0.3 is 5.32 Å². The van der Waals surface area contributed by atoms with Gasteiger partial charge in [-0.15, -0.1) is 0 Å². The van der Waals surface area contributed by atoms with Crippen LogP contribution in [0.3, 0.4) is 0 Å². The van der Waals surface area contributed by atoms with E-state index in [-0.39, 0.29) is 11.5 Å². The maximum absolute atomic E-state index is 13.3. The molecule has 3 rings (SSSR count). The number of benzene rings is 2. The molecule has 1 aliphatic heterocycles. The number of halogens is 1. The lowest BCUT2D eigenvalue weighted by molar-refractivity contribution is -0.117. The van der Waals surface area contributed by atoms with Gasteiger partial charge in [-0.1, -0.05) is 53.2 Å². The van der Waals surface area contributed by atoms with Gasteiger partial charge in [-0.25, -0.2) is 0 Å². The fraction of sp³-hybridized carbons (Fsp3) is 0.227. The van der Waals surface area contributed by atoms with E-state index in [1.165, 1.54) is 23.7 Å². The fourth-order valence-electron chi connectivity index (χ4n) is 3.02. The van der Waals surface area contributed by atoms with Crippen molar-refractivity contribution >= 4 is 40.9 Å². The molecule has 148 valence electrons. The third kappa shape index (κ3) is 4.31. The topological polar surface area (TPSA) is 73.2 Å². The van der Waals surface area contributed by atoms with Gasteiger partial charge >= 0.3 is 0 Å². The van der Waals surface area contributed by atoms with Crippen LogP contribution in [-0.2, 0) is 16.0 Å². The van der Waals surface area contributed by atoms with Crippen molar-refractivity contribution in [1.29, 1.82) is 5.26 Å². The highest BCUT2D eigenvalue weighted by atomic mass is 35.5. The van der Waals surface area contributed by atoms with Gasteiger partial charge in [-0.2, -0.15) is 5.26 Å². The first kappa shape index (κ1) is 21.0. The van der Waals surface area contributed by atoms with E-state index in [0.717, 1.165) is 16.7 Å². The summed E-state index contributed by atoms with van der Waals surface area (Å²) in [6.45, 7) is 3.88. The summed E-state index contributed by atoms with van der Waals surface area (Å²) >= 11 is 7.47. The Hall–Kier alpha value is -2.75. The van der Waals surface area contributed by atoms with Crippen molar-refractivity contribution in [2.24, 2.45) is 0 Å². The van der Waals surface area contributed by atoms with E-state index >= 15 is 0 Å². The largest absolute Gasteiger partial charge is 0.354 e. The monoisotopic (exact) mass is 425 g/mol. The summed E-state index contributed by atoms with van der Waals surface area (Å²) in [5.74, 6) is -0.679. The summed E-state index contributed by atoms with van der Waals surface area (Å²) in [4.78, 5) is 27.0. The number of nitrogens with zero attached hydrogens (tertiary/aromatic N) is 2. The molecule has 0 aliphatic carbocycles. The average molecular weight is 426 g/mol. The summed E-state index contributed by atoms with van der Waals surface area (Å²) in [6.07, 6.45) is 0.446. The van der Waals surface area contributed by atoms with E-state index in [2.05, 4.69) is 5.32 Å². The maximum atomic E-state index is 13.3. The number of nitrogens with one attached hydrogen (secondary N) is 1. The molecule has 0 aromatic heterocycles. The molecule has 1 fully saturated rings. The molecule has 1 atom stereocenters. The van der Waals surface area contributed by atoms with Gasteiger partial charge in [0.15, 0.2) is 0 Å². The van der Waals surface area contributed by atoms with Gasteiger partial charge in [-0.05, 0) is 49.6 Å². The Labute approximate surface area is 179 Å². The molecule has 0 saturated carbocycles. The molecule has 0 radical (unpaired) electrons. The number of carbonyl (C=O) groups excluding carboxylic acids is 2. The lowest BCUT2D eigenvalue weighted by Gasteiger charge is -2.18. The molecular weight excluding hydrogens is 406 g/mol. The van der Waals surface area contributed by atoms with Crippen LogP contribution in [0.5, 0.6) is 0 Å². The number of rotatable bonds is 4. The van der Waals surface area contributed by atoms with Crippen molar-refractivity contribution in [3.8, 4) is 6.07 Å². The Bertz CT molecular complexity index is 1040. The second kappa shape index (κ2) is 8.73. The van der Waals surface area contributed by atoms with Crippen molar-refractivity contribution in [2.75, 3.05) is 11.9 Å². The third-order valence-corrected chi connectivity index (χ3v) is 6.35. The zero-order valence-corrected chi connectivity index (χ0v) is 17.9. The van der Waals surface area contributed by atoms with Gasteiger partial charge in [0, 0.05) is 17.8 Å². The van der Waals surface area contributed by atoms with Gasteiger partial charge in [0.1, 0.15) is 16.7 Å². The van der Waals surface area contributed by atoms with Crippen molar-refractivity contribution in [1.82, 2.24) is 5.32 Å². The lowest BCUT2D eigenvalue weighted by atomic mass is 10.1. The molecule has 5 nitrogen and oxygen atoms in total. The van der Waals surface area contributed by atoms with Crippen LogP contribution in [0.25, 0.3) is 0 Å². The van der Waals surface area contributed by atoms with Crippen molar-refractivity contribution in [3.05, 3.63) is 74.8 Å².